The van der Waals surface area contributed by atoms with Gasteiger partial charge in [-0.05, 0) is 46.4 Å². The van der Waals surface area contributed by atoms with Crippen LogP contribution < -0.4 is 0 Å². The van der Waals surface area contributed by atoms with Crippen molar-refractivity contribution in [1.29, 1.82) is 0 Å². The summed E-state index contributed by atoms with van der Waals surface area (Å²) in [5.41, 5.74) is 0. The summed E-state index contributed by atoms with van der Waals surface area (Å²) in [5, 5.41) is 0. The summed E-state index contributed by atoms with van der Waals surface area (Å²) in [6.07, 6.45) is 5.10. The number of carbonyl (C=O) groups is 1. The second kappa shape index (κ2) is 6.86. The van der Waals surface area contributed by atoms with E-state index in [4.69, 9.17) is 0 Å². The average Bonchev–Trinajstić information content (AvgIpc) is 2.28. The number of piperidine rings is 1. The highest BCUT2D eigenvalue weighted by atomic mass is 16.5. The molecule has 0 aromatic carbocycles. The first-order chi connectivity index (χ1) is 7.63. The molecule has 0 aromatic rings. The van der Waals surface area contributed by atoms with Gasteiger partial charge < -0.3 is 9.64 Å². The fraction of sp³-hybridized carbons (Fsp3) is 0.917. The molecule has 0 N–H and O–H groups in total. The normalized spacial score (nSPS) is 22.4. The van der Waals surface area contributed by atoms with Gasteiger partial charge in [0.25, 0.3) is 0 Å². The Kier molecular flexibility index (Phi) is 5.77. The van der Waals surface area contributed by atoms with Gasteiger partial charge in [-0.1, -0.05) is 6.42 Å². The number of hydrogen-bond acceptors (Lipinski definition) is 4. The highest BCUT2D eigenvalue weighted by Crippen LogP contribution is 2.17. The zero-order valence-corrected chi connectivity index (χ0v) is 10.7. The lowest BCUT2D eigenvalue weighted by atomic mass is 10.00. The number of carbonyl (C=O) groups excluding carboxylic acids is 1. The van der Waals surface area contributed by atoms with Gasteiger partial charge in [0, 0.05) is 6.04 Å². The lowest BCUT2D eigenvalue weighted by Crippen LogP contribution is -2.39. The molecule has 0 aromatic heterocycles. The summed E-state index contributed by atoms with van der Waals surface area (Å²) in [4.78, 5) is 15.5. The molecule has 1 heterocycles. The number of hydrogen-bond donors (Lipinski definition) is 0. The molecule has 94 valence electrons. The molecule has 16 heavy (non-hydrogen) atoms. The summed E-state index contributed by atoms with van der Waals surface area (Å²) in [7, 11) is 5.61. The van der Waals surface area contributed by atoms with Gasteiger partial charge >= 0.3 is 5.97 Å². The van der Waals surface area contributed by atoms with Gasteiger partial charge in [-0.3, -0.25) is 9.69 Å². The van der Waals surface area contributed by atoms with Gasteiger partial charge in [0.15, 0.2) is 0 Å². The van der Waals surface area contributed by atoms with E-state index in [0.717, 1.165) is 13.0 Å². The highest BCUT2D eigenvalue weighted by Gasteiger charge is 2.19. The quantitative estimate of drug-likeness (QED) is 0.656. The van der Waals surface area contributed by atoms with Crippen molar-refractivity contribution in [2.75, 3.05) is 40.8 Å². The van der Waals surface area contributed by atoms with E-state index in [0.29, 0.717) is 12.6 Å². The van der Waals surface area contributed by atoms with Crippen molar-refractivity contribution in [3.8, 4) is 0 Å². The first-order valence-corrected chi connectivity index (χ1v) is 6.09. The predicted molar refractivity (Wildman–Crippen MR) is 64.4 cm³/mol. The molecule has 0 saturated carbocycles. The molecular formula is C12H24N2O2. The lowest BCUT2D eigenvalue weighted by molar-refractivity contribution is -0.141. The minimum Gasteiger partial charge on any atom is -0.468 e. The molecule has 1 rings (SSSR count). The number of nitrogens with zero attached hydrogens (tertiary/aromatic N) is 2. The lowest BCUT2D eigenvalue weighted by Gasteiger charge is -2.33. The first kappa shape index (κ1) is 13.5. The molecule has 0 bridgehead atoms. The molecule has 1 aliphatic rings. The molecule has 0 amide bonds. The fourth-order valence-corrected chi connectivity index (χ4v) is 2.24. The second-order valence-electron chi connectivity index (χ2n) is 4.73. The topological polar surface area (TPSA) is 32.8 Å². The van der Waals surface area contributed by atoms with Crippen molar-refractivity contribution < 1.29 is 9.53 Å². The third-order valence-electron chi connectivity index (χ3n) is 3.39. The van der Waals surface area contributed by atoms with Crippen LogP contribution >= 0.6 is 0 Å². The van der Waals surface area contributed by atoms with E-state index < -0.39 is 0 Å². The predicted octanol–water partition coefficient (Wildman–Crippen LogP) is 0.966. The maximum atomic E-state index is 11.1. The molecule has 4 heteroatoms. The molecule has 0 aliphatic carbocycles. The van der Waals surface area contributed by atoms with Crippen LogP contribution in [0.3, 0.4) is 0 Å². The molecule has 1 aliphatic heterocycles. The van der Waals surface area contributed by atoms with Crippen molar-refractivity contribution in [2.24, 2.45) is 0 Å². The van der Waals surface area contributed by atoms with Crippen LogP contribution in [0.4, 0.5) is 0 Å². The van der Waals surface area contributed by atoms with Crippen LogP contribution in [0.2, 0.25) is 0 Å². The molecule has 4 nitrogen and oxygen atoms in total. The van der Waals surface area contributed by atoms with E-state index in [1.165, 1.54) is 32.9 Å². The van der Waals surface area contributed by atoms with Gasteiger partial charge in [-0.25, -0.2) is 0 Å². The largest absolute Gasteiger partial charge is 0.468 e. The zero-order chi connectivity index (χ0) is 12.0. The number of rotatable bonds is 5. The monoisotopic (exact) mass is 228 g/mol. The number of likely N-dealkylation sites (N-methyl/N-ethyl adjacent to an activating group) is 1. The Morgan fingerprint density at radius 2 is 2.25 bits per heavy atom. The smallest absolute Gasteiger partial charge is 0.319 e. The maximum Gasteiger partial charge on any atom is 0.319 e. The maximum absolute atomic E-state index is 11.1. The van der Waals surface area contributed by atoms with Gasteiger partial charge in [-0.15, -0.1) is 0 Å². The Morgan fingerprint density at radius 1 is 1.50 bits per heavy atom. The highest BCUT2D eigenvalue weighted by molar-refractivity contribution is 5.71. The van der Waals surface area contributed by atoms with E-state index in [1.807, 2.05) is 11.9 Å². The van der Waals surface area contributed by atoms with Gasteiger partial charge in [0.1, 0.15) is 0 Å². The Morgan fingerprint density at radius 3 is 2.88 bits per heavy atom. The van der Waals surface area contributed by atoms with Crippen LogP contribution in [0, 0.1) is 0 Å². The van der Waals surface area contributed by atoms with Crippen LogP contribution in [-0.2, 0) is 9.53 Å². The molecule has 0 radical (unpaired) electrons. The van der Waals surface area contributed by atoms with Gasteiger partial charge in [0.2, 0.25) is 0 Å². The summed E-state index contributed by atoms with van der Waals surface area (Å²) in [6.45, 7) is 2.57. The standard InChI is InChI=1S/C12H24N2O2/c1-13(10-12(15)16-3)9-7-11-6-4-5-8-14(11)2/h11H,4-10H2,1-3H3. The summed E-state index contributed by atoms with van der Waals surface area (Å²) in [5.74, 6) is -0.153. The minimum atomic E-state index is -0.153. The van der Waals surface area contributed by atoms with E-state index >= 15 is 0 Å². The van der Waals surface area contributed by atoms with Crippen LogP contribution in [0.15, 0.2) is 0 Å². The summed E-state index contributed by atoms with van der Waals surface area (Å²) >= 11 is 0. The third-order valence-corrected chi connectivity index (χ3v) is 3.39. The third kappa shape index (κ3) is 4.49. The number of ether oxygens (including phenoxy) is 1. The fourth-order valence-electron chi connectivity index (χ4n) is 2.24. The van der Waals surface area contributed by atoms with E-state index in [9.17, 15) is 4.79 Å². The molecular weight excluding hydrogens is 204 g/mol. The van der Waals surface area contributed by atoms with Crippen LogP contribution in [-0.4, -0.2) is 62.7 Å². The Bertz CT molecular complexity index is 221. The Hall–Kier alpha value is -0.610. The van der Waals surface area contributed by atoms with E-state index in [2.05, 4.69) is 16.7 Å². The van der Waals surface area contributed by atoms with Gasteiger partial charge in [-0.2, -0.15) is 0 Å². The van der Waals surface area contributed by atoms with E-state index in [1.54, 1.807) is 0 Å². The Balaban J connectivity index is 2.19. The molecule has 1 atom stereocenters. The number of esters is 1. The summed E-state index contributed by atoms with van der Waals surface area (Å²) in [6, 6.07) is 0.689. The zero-order valence-electron chi connectivity index (χ0n) is 10.7. The second-order valence-corrected chi connectivity index (χ2v) is 4.73. The molecule has 1 saturated heterocycles. The average molecular weight is 228 g/mol. The van der Waals surface area contributed by atoms with Crippen LogP contribution in [0.1, 0.15) is 25.7 Å². The van der Waals surface area contributed by atoms with Crippen LogP contribution in [0.25, 0.3) is 0 Å². The van der Waals surface area contributed by atoms with Crippen molar-refractivity contribution in [2.45, 2.75) is 31.7 Å². The van der Waals surface area contributed by atoms with Crippen LogP contribution in [0.5, 0.6) is 0 Å². The van der Waals surface area contributed by atoms with Crippen molar-refractivity contribution >= 4 is 5.97 Å². The molecule has 0 spiro atoms. The van der Waals surface area contributed by atoms with E-state index in [-0.39, 0.29) is 5.97 Å². The van der Waals surface area contributed by atoms with Crippen molar-refractivity contribution in [3.63, 3.8) is 0 Å². The van der Waals surface area contributed by atoms with Crippen molar-refractivity contribution in [1.82, 2.24) is 9.80 Å². The molecule has 1 unspecified atom stereocenters. The minimum absolute atomic E-state index is 0.153. The van der Waals surface area contributed by atoms with Crippen molar-refractivity contribution in [3.05, 3.63) is 0 Å². The van der Waals surface area contributed by atoms with Gasteiger partial charge in [0.05, 0.1) is 13.7 Å². The SMILES string of the molecule is COC(=O)CN(C)CCC1CCCCN1C. The number of methoxy groups -OCH3 is 1. The summed E-state index contributed by atoms with van der Waals surface area (Å²) < 4.78 is 4.64. The Labute approximate surface area is 98.5 Å². The number of likely N-dealkylation sites (tertiary alicyclic amines) is 1. The first-order valence-electron chi connectivity index (χ1n) is 6.09. The molecule has 1 fully saturated rings.